The lowest BCUT2D eigenvalue weighted by Gasteiger charge is -2.21. The van der Waals surface area contributed by atoms with Gasteiger partial charge in [0.1, 0.15) is 6.54 Å². The number of carbonyl (C=O) groups excluding carboxylic acids is 2. The van der Waals surface area contributed by atoms with Gasteiger partial charge in [0.2, 0.25) is 5.78 Å². The van der Waals surface area contributed by atoms with Crippen molar-refractivity contribution in [1.82, 2.24) is 4.98 Å². The maximum Gasteiger partial charge on any atom is 0.339 e. The smallest absolute Gasteiger partial charge is 0.339 e. The Morgan fingerprint density at radius 3 is 2.42 bits per heavy atom. The van der Waals surface area contributed by atoms with Gasteiger partial charge in [-0.25, -0.2) is 4.79 Å². The summed E-state index contributed by atoms with van der Waals surface area (Å²) in [4.78, 5) is 29.1. The number of aromatic nitrogens is 1. The highest BCUT2D eigenvalue weighted by Crippen LogP contribution is 2.20. The molecular formula is C21H29N2O3+. The number of ketones is 1. The van der Waals surface area contributed by atoms with E-state index in [9.17, 15) is 9.59 Å². The van der Waals surface area contributed by atoms with Gasteiger partial charge in [-0.1, -0.05) is 23.8 Å². The fraction of sp³-hybridized carbons (Fsp3) is 0.429. The number of Topliss-reactive ketones (excluding diaryl/α,β-unsaturated/α-hetero) is 1. The van der Waals surface area contributed by atoms with Gasteiger partial charge in [-0.2, -0.15) is 0 Å². The number of aromatic amines is 1. The van der Waals surface area contributed by atoms with E-state index in [1.165, 1.54) is 23.8 Å². The van der Waals surface area contributed by atoms with E-state index in [4.69, 9.17) is 4.74 Å². The predicted molar refractivity (Wildman–Crippen MR) is 102 cm³/mol. The van der Waals surface area contributed by atoms with Crippen molar-refractivity contribution in [3.8, 4) is 0 Å². The molecule has 140 valence electrons. The van der Waals surface area contributed by atoms with Gasteiger partial charge in [-0.05, 0) is 45.7 Å². The highest BCUT2D eigenvalue weighted by atomic mass is 16.5. The van der Waals surface area contributed by atoms with Crippen molar-refractivity contribution in [1.29, 1.82) is 0 Å². The molecule has 0 saturated heterocycles. The van der Waals surface area contributed by atoms with Crippen LogP contribution >= 0.6 is 0 Å². The van der Waals surface area contributed by atoms with Crippen LogP contribution in [0.2, 0.25) is 0 Å². The third-order valence-corrected chi connectivity index (χ3v) is 5.17. The molecule has 0 bridgehead atoms. The molecule has 0 spiro atoms. The van der Waals surface area contributed by atoms with E-state index in [0.717, 1.165) is 11.4 Å². The first-order valence-corrected chi connectivity index (χ1v) is 8.87. The SMILES string of the molecule is COC(=O)c1c(C)[nH]c(C(=O)[C@H](C)[NH+](C)Cc2ccc(C)cc2C)c1C. The third kappa shape index (κ3) is 3.88. The predicted octanol–water partition coefficient (Wildman–Crippen LogP) is 2.32. The maximum absolute atomic E-state index is 13.0. The van der Waals surface area contributed by atoms with Crippen LogP contribution in [0, 0.1) is 27.7 Å². The van der Waals surface area contributed by atoms with Crippen molar-refractivity contribution >= 4 is 11.8 Å². The van der Waals surface area contributed by atoms with E-state index in [0.29, 0.717) is 22.5 Å². The highest BCUT2D eigenvalue weighted by molar-refractivity contribution is 6.03. The second kappa shape index (κ2) is 7.87. The molecule has 26 heavy (non-hydrogen) atoms. The number of quaternary nitrogens is 1. The summed E-state index contributed by atoms with van der Waals surface area (Å²) in [6, 6.07) is 6.16. The number of methoxy groups -OCH3 is 1. The van der Waals surface area contributed by atoms with E-state index in [1.54, 1.807) is 13.8 Å². The number of likely N-dealkylation sites (N-methyl/N-ethyl adjacent to an activating group) is 1. The Balaban J connectivity index is 2.22. The number of nitrogens with one attached hydrogen (secondary N) is 2. The van der Waals surface area contributed by atoms with Gasteiger partial charge in [0.05, 0.1) is 25.4 Å². The van der Waals surface area contributed by atoms with Crippen LogP contribution in [0.25, 0.3) is 0 Å². The van der Waals surface area contributed by atoms with Gasteiger partial charge in [-0.15, -0.1) is 0 Å². The number of benzene rings is 1. The lowest BCUT2D eigenvalue weighted by molar-refractivity contribution is -0.907. The molecule has 0 radical (unpaired) electrons. The first-order valence-electron chi connectivity index (χ1n) is 8.87. The fourth-order valence-electron chi connectivity index (χ4n) is 3.34. The van der Waals surface area contributed by atoms with Crippen molar-refractivity contribution in [3.63, 3.8) is 0 Å². The van der Waals surface area contributed by atoms with Crippen molar-refractivity contribution in [2.45, 2.75) is 47.2 Å². The Bertz CT molecular complexity index is 836. The minimum atomic E-state index is -0.418. The summed E-state index contributed by atoms with van der Waals surface area (Å²) in [6.07, 6.45) is 0. The number of carbonyl (C=O) groups is 2. The van der Waals surface area contributed by atoms with Crippen LogP contribution < -0.4 is 4.90 Å². The Kier molecular flexibility index (Phi) is 6.03. The lowest BCUT2D eigenvalue weighted by Crippen LogP contribution is -3.12. The standard InChI is InChI=1S/C21H28N2O3/c1-12-8-9-17(13(2)10-12)11-23(6)16(5)20(24)19-14(3)18(15(4)22-19)21(25)26-7/h8-10,16,22H,11H2,1-7H3/p+1/t16-/m0/s1. The Labute approximate surface area is 155 Å². The Hall–Kier alpha value is -2.40. The van der Waals surface area contributed by atoms with Crippen LogP contribution in [-0.4, -0.2) is 36.9 Å². The maximum atomic E-state index is 13.0. The molecule has 2 N–H and O–H groups in total. The molecular weight excluding hydrogens is 328 g/mol. The summed E-state index contributed by atoms with van der Waals surface area (Å²) in [5, 5.41) is 0. The highest BCUT2D eigenvalue weighted by Gasteiger charge is 2.29. The molecule has 2 rings (SSSR count). The van der Waals surface area contributed by atoms with Crippen molar-refractivity contribution in [2.75, 3.05) is 14.2 Å². The zero-order valence-electron chi connectivity index (χ0n) is 16.7. The monoisotopic (exact) mass is 357 g/mol. The quantitative estimate of drug-likeness (QED) is 0.616. The molecule has 5 heteroatoms. The van der Waals surface area contributed by atoms with E-state index in [-0.39, 0.29) is 11.8 Å². The van der Waals surface area contributed by atoms with Crippen LogP contribution in [0.1, 0.15) is 55.7 Å². The second-order valence-electron chi connectivity index (χ2n) is 7.16. The number of aryl methyl sites for hydroxylation is 3. The van der Waals surface area contributed by atoms with Crippen molar-refractivity contribution < 1.29 is 19.2 Å². The zero-order chi connectivity index (χ0) is 19.6. The summed E-state index contributed by atoms with van der Waals surface area (Å²) in [6.45, 7) is 10.4. The largest absolute Gasteiger partial charge is 0.465 e. The molecule has 5 nitrogen and oxygen atoms in total. The topological polar surface area (TPSA) is 63.6 Å². The summed E-state index contributed by atoms with van der Waals surface area (Å²) in [7, 11) is 3.37. The van der Waals surface area contributed by atoms with E-state index in [2.05, 4.69) is 37.0 Å². The van der Waals surface area contributed by atoms with Gasteiger partial charge >= 0.3 is 5.97 Å². The first-order chi connectivity index (χ1) is 12.2. The number of hydrogen-bond acceptors (Lipinski definition) is 3. The van der Waals surface area contributed by atoms with Crippen LogP contribution in [0.3, 0.4) is 0 Å². The van der Waals surface area contributed by atoms with Gasteiger partial charge in [0.25, 0.3) is 0 Å². The molecule has 0 aliphatic carbocycles. The van der Waals surface area contributed by atoms with Crippen molar-refractivity contribution in [3.05, 3.63) is 57.4 Å². The van der Waals surface area contributed by atoms with E-state index >= 15 is 0 Å². The van der Waals surface area contributed by atoms with Gasteiger partial charge in [0, 0.05) is 11.3 Å². The van der Waals surface area contributed by atoms with Crippen molar-refractivity contribution in [2.24, 2.45) is 0 Å². The second-order valence-corrected chi connectivity index (χ2v) is 7.16. The zero-order valence-corrected chi connectivity index (χ0v) is 16.7. The Morgan fingerprint density at radius 2 is 1.85 bits per heavy atom. The van der Waals surface area contributed by atoms with Gasteiger partial charge < -0.3 is 14.6 Å². The first kappa shape index (κ1) is 19.9. The summed E-state index contributed by atoms with van der Waals surface area (Å²) in [5.41, 5.74) is 5.99. The molecule has 1 unspecified atom stereocenters. The number of rotatable bonds is 6. The summed E-state index contributed by atoms with van der Waals surface area (Å²) < 4.78 is 4.83. The summed E-state index contributed by atoms with van der Waals surface area (Å²) >= 11 is 0. The molecule has 0 fully saturated rings. The minimum Gasteiger partial charge on any atom is -0.465 e. The minimum absolute atomic E-state index is 0.00279. The van der Waals surface area contributed by atoms with Crippen LogP contribution in [-0.2, 0) is 11.3 Å². The van der Waals surface area contributed by atoms with E-state index < -0.39 is 5.97 Å². The number of esters is 1. The average molecular weight is 357 g/mol. The van der Waals surface area contributed by atoms with Crippen LogP contribution in [0.15, 0.2) is 18.2 Å². The molecule has 2 atom stereocenters. The third-order valence-electron chi connectivity index (χ3n) is 5.17. The molecule has 0 amide bonds. The molecule has 0 aliphatic heterocycles. The summed E-state index contributed by atoms with van der Waals surface area (Å²) in [5.74, 6) is -0.415. The van der Waals surface area contributed by atoms with E-state index in [1.807, 2.05) is 14.0 Å². The number of ether oxygens (including phenoxy) is 1. The molecule has 2 aromatic rings. The average Bonchev–Trinajstić information content (AvgIpc) is 2.89. The Morgan fingerprint density at radius 1 is 1.19 bits per heavy atom. The normalized spacial score (nSPS) is 13.3. The number of H-pyrrole nitrogens is 1. The molecule has 1 heterocycles. The molecule has 0 aliphatic rings. The lowest BCUT2D eigenvalue weighted by atomic mass is 10.0. The fourth-order valence-corrected chi connectivity index (χ4v) is 3.34. The number of hydrogen-bond donors (Lipinski definition) is 2. The molecule has 1 aromatic heterocycles. The molecule has 0 saturated carbocycles. The van der Waals surface area contributed by atoms with Gasteiger partial charge in [-0.3, -0.25) is 4.79 Å². The van der Waals surface area contributed by atoms with Gasteiger partial charge in [0.15, 0.2) is 6.04 Å². The van der Waals surface area contributed by atoms with Crippen LogP contribution in [0.5, 0.6) is 0 Å². The molecule has 1 aromatic carbocycles. The van der Waals surface area contributed by atoms with Crippen LogP contribution in [0.4, 0.5) is 0 Å².